The Morgan fingerprint density at radius 3 is 2.72 bits per heavy atom. The Labute approximate surface area is 194 Å². The molecule has 1 unspecified atom stereocenters. The van der Waals surface area contributed by atoms with Crippen molar-refractivity contribution < 1.29 is 0 Å². The second-order valence-corrected chi connectivity index (χ2v) is 8.07. The Hall–Kier alpha value is -1.09. The number of likely N-dealkylation sites (tertiary alicyclic amines) is 1. The molecule has 2 fully saturated rings. The van der Waals surface area contributed by atoms with Crippen molar-refractivity contribution >= 4 is 35.8 Å². The number of halogens is 1. The molecular weight excluding hydrogens is 475 g/mol. The predicted octanol–water partition coefficient (Wildman–Crippen LogP) is 3.62. The maximum atomic E-state index is 4.79. The number of rotatable bonds is 8. The van der Waals surface area contributed by atoms with Gasteiger partial charge in [0.2, 0.25) is 0 Å². The highest BCUT2D eigenvalue weighted by Crippen LogP contribution is 2.19. The normalized spacial score (nSPS) is 20.4. The molecule has 3 heterocycles. The molecule has 0 aromatic carbocycles. The fraction of sp³-hybridized carbons (Fsp3) is 0.727. The summed E-state index contributed by atoms with van der Waals surface area (Å²) in [5.74, 6) is 2.01. The van der Waals surface area contributed by atoms with Crippen molar-refractivity contribution in [3.05, 3.63) is 23.9 Å². The average Bonchev–Trinajstić information content (AvgIpc) is 3.26. The van der Waals surface area contributed by atoms with Crippen LogP contribution in [0.3, 0.4) is 0 Å². The van der Waals surface area contributed by atoms with E-state index >= 15 is 0 Å². The molecule has 0 bridgehead atoms. The van der Waals surface area contributed by atoms with Gasteiger partial charge in [0.1, 0.15) is 5.82 Å². The minimum Gasteiger partial charge on any atom is -0.357 e. The van der Waals surface area contributed by atoms with Gasteiger partial charge in [0.15, 0.2) is 5.96 Å². The minimum atomic E-state index is 0. The van der Waals surface area contributed by atoms with Crippen molar-refractivity contribution in [2.75, 3.05) is 44.2 Å². The molecule has 1 aromatic rings. The van der Waals surface area contributed by atoms with Crippen molar-refractivity contribution in [1.29, 1.82) is 0 Å². The van der Waals surface area contributed by atoms with E-state index in [1.807, 2.05) is 6.20 Å². The van der Waals surface area contributed by atoms with Gasteiger partial charge in [0.25, 0.3) is 0 Å². The number of guanidine groups is 1. The van der Waals surface area contributed by atoms with Gasteiger partial charge in [-0.1, -0.05) is 6.42 Å². The van der Waals surface area contributed by atoms with E-state index < -0.39 is 0 Å². The number of pyridine rings is 1. The number of aromatic nitrogens is 1. The second kappa shape index (κ2) is 13.3. The molecule has 0 radical (unpaired) electrons. The van der Waals surface area contributed by atoms with Gasteiger partial charge >= 0.3 is 0 Å². The third kappa shape index (κ3) is 7.92. The van der Waals surface area contributed by atoms with Crippen molar-refractivity contribution in [1.82, 2.24) is 20.5 Å². The van der Waals surface area contributed by atoms with E-state index in [9.17, 15) is 0 Å². The maximum absolute atomic E-state index is 4.79. The van der Waals surface area contributed by atoms with E-state index in [1.54, 1.807) is 0 Å². The molecule has 1 atom stereocenters. The summed E-state index contributed by atoms with van der Waals surface area (Å²) in [7, 11) is 0. The van der Waals surface area contributed by atoms with Crippen LogP contribution >= 0.6 is 24.0 Å². The lowest BCUT2D eigenvalue weighted by Gasteiger charge is -2.33. The Balaban J connectivity index is 0.00000300. The second-order valence-electron chi connectivity index (χ2n) is 8.07. The fourth-order valence-electron chi connectivity index (χ4n) is 4.17. The summed E-state index contributed by atoms with van der Waals surface area (Å²) in [5, 5.41) is 6.87. The third-order valence-corrected chi connectivity index (χ3v) is 5.86. The lowest BCUT2D eigenvalue weighted by Crippen LogP contribution is -2.41. The Morgan fingerprint density at radius 2 is 1.97 bits per heavy atom. The molecule has 2 aliphatic rings. The number of nitrogens with zero attached hydrogens (tertiary/aromatic N) is 4. The zero-order valence-electron chi connectivity index (χ0n) is 18.2. The van der Waals surface area contributed by atoms with Gasteiger partial charge in [-0.2, -0.15) is 0 Å². The summed E-state index contributed by atoms with van der Waals surface area (Å²) in [5.41, 5.74) is 1.22. The van der Waals surface area contributed by atoms with Crippen LogP contribution in [0.2, 0.25) is 0 Å². The first kappa shape index (κ1) is 24.2. The number of aliphatic imine (C=N–C) groups is 1. The van der Waals surface area contributed by atoms with Crippen LogP contribution in [0, 0.1) is 0 Å². The molecule has 2 N–H and O–H groups in total. The van der Waals surface area contributed by atoms with E-state index in [0.29, 0.717) is 6.54 Å². The first-order chi connectivity index (χ1) is 13.8. The smallest absolute Gasteiger partial charge is 0.191 e. The lowest BCUT2D eigenvalue weighted by atomic mass is 10.0. The van der Waals surface area contributed by atoms with Crippen molar-refractivity contribution in [2.45, 2.75) is 65.0 Å². The van der Waals surface area contributed by atoms with Crippen LogP contribution in [-0.2, 0) is 6.54 Å². The van der Waals surface area contributed by atoms with E-state index in [0.717, 1.165) is 50.4 Å². The van der Waals surface area contributed by atoms with E-state index in [4.69, 9.17) is 4.99 Å². The molecule has 164 valence electrons. The zero-order valence-corrected chi connectivity index (χ0v) is 20.5. The minimum absolute atomic E-state index is 0. The number of piperidine rings is 1. The van der Waals surface area contributed by atoms with Gasteiger partial charge in [0.05, 0.1) is 6.54 Å². The molecular formula is C22H39IN6. The van der Waals surface area contributed by atoms with Crippen LogP contribution in [-0.4, -0.2) is 61.2 Å². The molecule has 2 aliphatic heterocycles. The number of hydrogen-bond donors (Lipinski definition) is 2. The molecule has 0 spiro atoms. The largest absolute Gasteiger partial charge is 0.357 e. The number of hydrogen-bond acceptors (Lipinski definition) is 4. The van der Waals surface area contributed by atoms with Crippen LogP contribution in [0.5, 0.6) is 0 Å². The van der Waals surface area contributed by atoms with Gasteiger partial charge in [-0.15, -0.1) is 24.0 Å². The topological polar surface area (TPSA) is 55.8 Å². The summed E-state index contributed by atoms with van der Waals surface area (Å²) in [6.07, 6.45) is 9.71. The van der Waals surface area contributed by atoms with Gasteiger partial charge in [-0.3, -0.25) is 0 Å². The molecule has 0 amide bonds. The molecule has 29 heavy (non-hydrogen) atoms. The highest BCUT2D eigenvalue weighted by Gasteiger charge is 2.17. The molecule has 6 nitrogen and oxygen atoms in total. The fourth-order valence-corrected chi connectivity index (χ4v) is 4.17. The van der Waals surface area contributed by atoms with E-state index in [-0.39, 0.29) is 24.0 Å². The highest BCUT2D eigenvalue weighted by molar-refractivity contribution is 14.0. The van der Waals surface area contributed by atoms with Crippen molar-refractivity contribution in [3.63, 3.8) is 0 Å². The third-order valence-electron chi connectivity index (χ3n) is 5.86. The quantitative estimate of drug-likeness (QED) is 0.240. The SMILES string of the molecule is CCNC(=NCc1ccnc(N2CCCC2)c1)NCCCN1CCCCC1C.I. The lowest BCUT2D eigenvalue weighted by molar-refractivity contribution is 0.159. The predicted molar refractivity (Wildman–Crippen MR) is 133 cm³/mol. The van der Waals surface area contributed by atoms with Gasteiger partial charge in [-0.05, 0) is 70.2 Å². The molecule has 7 heteroatoms. The van der Waals surface area contributed by atoms with Crippen molar-refractivity contribution in [2.24, 2.45) is 4.99 Å². The van der Waals surface area contributed by atoms with Crippen LogP contribution in [0.25, 0.3) is 0 Å². The molecule has 0 aliphatic carbocycles. The molecule has 3 rings (SSSR count). The maximum Gasteiger partial charge on any atom is 0.191 e. The van der Waals surface area contributed by atoms with Gasteiger partial charge in [-0.25, -0.2) is 9.98 Å². The number of anilines is 1. The Bertz CT molecular complexity index is 617. The number of nitrogens with one attached hydrogen (secondary N) is 2. The standard InChI is InChI=1S/C22H38N6.HI/c1-3-23-22(25-11-8-16-27-13-5-4-9-19(27)2)26-18-20-10-12-24-21(17-20)28-14-6-7-15-28;/h10,12,17,19H,3-9,11,13-16,18H2,1-2H3,(H2,23,25,26);1H. The van der Waals surface area contributed by atoms with Crippen LogP contribution in [0.4, 0.5) is 5.82 Å². The zero-order chi connectivity index (χ0) is 19.6. The van der Waals surface area contributed by atoms with E-state index in [2.05, 4.69) is 51.4 Å². The summed E-state index contributed by atoms with van der Waals surface area (Å²) >= 11 is 0. The Kier molecular flexibility index (Phi) is 11.1. The van der Waals surface area contributed by atoms with Crippen LogP contribution < -0.4 is 15.5 Å². The molecule has 0 saturated carbocycles. The monoisotopic (exact) mass is 514 g/mol. The van der Waals surface area contributed by atoms with Gasteiger partial charge < -0.3 is 20.4 Å². The molecule has 2 saturated heterocycles. The Morgan fingerprint density at radius 1 is 1.17 bits per heavy atom. The van der Waals surface area contributed by atoms with Crippen LogP contribution in [0.15, 0.2) is 23.3 Å². The van der Waals surface area contributed by atoms with Crippen molar-refractivity contribution in [3.8, 4) is 0 Å². The summed E-state index contributed by atoms with van der Waals surface area (Å²) < 4.78 is 0. The summed E-state index contributed by atoms with van der Waals surface area (Å²) in [4.78, 5) is 14.3. The summed E-state index contributed by atoms with van der Waals surface area (Å²) in [6, 6.07) is 5.01. The van der Waals surface area contributed by atoms with Gasteiger partial charge in [0, 0.05) is 45.0 Å². The average molecular weight is 515 g/mol. The molecule has 1 aromatic heterocycles. The highest BCUT2D eigenvalue weighted by atomic mass is 127. The van der Waals surface area contributed by atoms with Crippen LogP contribution in [0.1, 0.15) is 57.9 Å². The first-order valence-corrected chi connectivity index (χ1v) is 11.2. The van der Waals surface area contributed by atoms with E-state index in [1.165, 1.54) is 50.8 Å². The first-order valence-electron chi connectivity index (χ1n) is 11.2. The summed E-state index contributed by atoms with van der Waals surface area (Å²) in [6.45, 7) is 11.7.